The largest absolute Gasteiger partial charge is 0.459 e. The monoisotopic (exact) mass is 379 g/mol. The molecular weight excluding hydrogens is 362 g/mol. The molecule has 0 saturated heterocycles. The third-order valence-corrected chi connectivity index (χ3v) is 4.94. The van der Waals surface area contributed by atoms with Crippen molar-refractivity contribution in [2.45, 2.75) is 17.8 Å². The molecule has 0 radical (unpaired) electrons. The van der Waals surface area contributed by atoms with E-state index in [9.17, 15) is 4.79 Å². The summed E-state index contributed by atoms with van der Waals surface area (Å²) >= 11 is 1.54. The second-order valence-corrected chi connectivity index (χ2v) is 6.93. The van der Waals surface area contributed by atoms with Crippen LogP contribution in [-0.4, -0.2) is 25.4 Å². The van der Waals surface area contributed by atoms with Gasteiger partial charge in [-0.3, -0.25) is 4.79 Å². The minimum atomic E-state index is -0.289. The molecule has 0 saturated carbocycles. The van der Waals surface area contributed by atoms with Crippen LogP contribution in [0.5, 0.6) is 0 Å². The van der Waals surface area contributed by atoms with Crippen molar-refractivity contribution >= 4 is 34.4 Å². The van der Waals surface area contributed by atoms with E-state index in [1.165, 1.54) is 6.26 Å². The molecular formula is C19H17N5O2S. The van der Waals surface area contributed by atoms with E-state index < -0.39 is 0 Å². The highest BCUT2D eigenvalue weighted by Crippen LogP contribution is 2.24. The second kappa shape index (κ2) is 7.24. The molecule has 0 aliphatic carbocycles. The number of hydrogen-bond acceptors (Lipinski definition) is 6. The molecule has 0 fully saturated rings. The normalized spacial score (nSPS) is 11.0. The zero-order valence-electron chi connectivity index (χ0n) is 14.8. The lowest BCUT2D eigenvalue weighted by Crippen LogP contribution is -2.10. The number of aryl methyl sites for hydroxylation is 2. The third kappa shape index (κ3) is 3.70. The number of nitrogens with one attached hydrogen (secondary N) is 1. The molecule has 8 heteroatoms. The number of amides is 1. The summed E-state index contributed by atoms with van der Waals surface area (Å²) in [6, 6.07) is 10.8. The maximum atomic E-state index is 12.1. The Hall–Kier alpha value is -3.13. The van der Waals surface area contributed by atoms with Crippen molar-refractivity contribution in [3.8, 4) is 0 Å². The van der Waals surface area contributed by atoms with Crippen LogP contribution in [0.4, 0.5) is 5.69 Å². The molecule has 27 heavy (non-hydrogen) atoms. The van der Waals surface area contributed by atoms with Crippen LogP contribution in [0.15, 0.2) is 58.4 Å². The van der Waals surface area contributed by atoms with Gasteiger partial charge >= 0.3 is 0 Å². The summed E-state index contributed by atoms with van der Waals surface area (Å²) in [4.78, 5) is 25.5. The van der Waals surface area contributed by atoms with Crippen LogP contribution in [0, 0.1) is 6.92 Å². The zero-order valence-corrected chi connectivity index (χ0v) is 15.7. The van der Waals surface area contributed by atoms with E-state index >= 15 is 0 Å². The molecule has 4 aromatic rings. The molecule has 0 spiro atoms. The number of anilines is 1. The summed E-state index contributed by atoms with van der Waals surface area (Å²) < 4.78 is 7.15. The van der Waals surface area contributed by atoms with Gasteiger partial charge in [-0.05, 0) is 43.3 Å². The van der Waals surface area contributed by atoms with Crippen molar-refractivity contribution < 1.29 is 9.21 Å². The average Bonchev–Trinajstić information content (AvgIpc) is 3.29. The number of fused-ring (bicyclic) bond motifs is 1. The van der Waals surface area contributed by atoms with E-state index in [-0.39, 0.29) is 11.7 Å². The quantitative estimate of drug-likeness (QED) is 0.419. The van der Waals surface area contributed by atoms with Gasteiger partial charge in [-0.15, -0.1) is 0 Å². The average molecular weight is 379 g/mol. The van der Waals surface area contributed by atoms with Crippen LogP contribution in [-0.2, 0) is 12.8 Å². The van der Waals surface area contributed by atoms with E-state index in [1.54, 1.807) is 30.1 Å². The lowest BCUT2D eigenvalue weighted by Gasteiger charge is -2.04. The van der Waals surface area contributed by atoms with Crippen molar-refractivity contribution in [2.75, 3.05) is 5.32 Å². The molecule has 3 heterocycles. The first-order chi connectivity index (χ1) is 13.1. The van der Waals surface area contributed by atoms with E-state index in [0.717, 1.165) is 27.7 Å². The SMILES string of the molecule is Cc1ccnc(SCc2nc3cc(NC(=O)c4ccco4)ccc3n2C)n1. The molecule has 1 aromatic carbocycles. The van der Waals surface area contributed by atoms with Crippen LogP contribution in [0.3, 0.4) is 0 Å². The van der Waals surface area contributed by atoms with Crippen LogP contribution in [0.25, 0.3) is 11.0 Å². The molecule has 0 unspecified atom stereocenters. The Morgan fingerprint density at radius 3 is 2.93 bits per heavy atom. The molecule has 1 amide bonds. The van der Waals surface area contributed by atoms with Crippen LogP contribution < -0.4 is 5.32 Å². The summed E-state index contributed by atoms with van der Waals surface area (Å²) in [5, 5.41) is 3.55. The van der Waals surface area contributed by atoms with Gasteiger partial charge in [0.25, 0.3) is 5.91 Å². The Labute approximate surface area is 159 Å². The zero-order chi connectivity index (χ0) is 18.8. The van der Waals surface area contributed by atoms with Gasteiger partial charge in [0.15, 0.2) is 10.9 Å². The lowest BCUT2D eigenvalue weighted by atomic mass is 10.2. The summed E-state index contributed by atoms with van der Waals surface area (Å²) in [5.41, 5.74) is 3.42. The minimum Gasteiger partial charge on any atom is -0.459 e. The van der Waals surface area contributed by atoms with Gasteiger partial charge in [0.1, 0.15) is 5.82 Å². The Morgan fingerprint density at radius 2 is 2.15 bits per heavy atom. The van der Waals surface area contributed by atoms with Crippen LogP contribution in [0.2, 0.25) is 0 Å². The Kier molecular flexibility index (Phi) is 4.64. The smallest absolute Gasteiger partial charge is 0.291 e. The van der Waals surface area contributed by atoms with Crippen molar-refractivity contribution in [3.63, 3.8) is 0 Å². The van der Waals surface area contributed by atoms with Crippen molar-refractivity contribution in [3.05, 3.63) is 66.1 Å². The number of benzene rings is 1. The number of rotatable bonds is 5. The number of furan rings is 1. The number of nitrogens with zero attached hydrogens (tertiary/aromatic N) is 4. The van der Waals surface area contributed by atoms with E-state index in [2.05, 4.69) is 15.3 Å². The van der Waals surface area contributed by atoms with Gasteiger partial charge in [-0.25, -0.2) is 15.0 Å². The predicted octanol–water partition coefficient (Wildman–Crippen LogP) is 3.81. The molecule has 4 rings (SSSR count). The van der Waals surface area contributed by atoms with Crippen molar-refractivity contribution in [1.82, 2.24) is 19.5 Å². The number of carbonyl (C=O) groups is 1. The highest BCUT2D eigenvalue weighted by molar-refractivity contribution is 7.98. The van der Waals surface area contributed by atoms with Crippen LogP contribution in [0.1, 0.15) is 22.1 Å². The van der Waals surface area contributed by atoms with Crippen molar-refractivity contribution in [1.29, 1.82) is 0 Å². The van der Waals surface area contributed by atoms with Crippen molar-refractivity contribution in [2.24, 2.45) is 7.05 Å². The van der Waals surface area contributed by atoms with Gasteiger partial charge in [0.2, 0.25) is 0 Å². The highest BCUT2D eigenvalue weighted by atomic mass is 32.2. The molecule has 0 aliphatic rings. The number of carbonyl (C=O) groups excluding carboxylic acids is 1. The third-order valence-electron chi connectivity index (χ3n) is 4.08. The molecule has 3 aromatic heterocycles. The van der Waals surface area contributed by atoms with E-state index in [0.29, 0.717) is 11.4 Å². The van der Waals surface area contributed by atoms with E-state index in [4.69, 9.17) is 9.40 Å². The topological polar surface area (TPSA) is 85.8 Å². The molecule has 7 nitrogen and oxygen atoms in total. The highest BCUT2D eigenvalue weighted by Gasteiger charge is 2.12. The first-order valence-corrected chi connectivity index (χ1v) is 9.31. The van der Waals surface area contributed by atoms with Gasteiger partial charge in [0, 0.05) is 24.6 Å². The number of hydrogen-bond donors (Lipinski definition) is 1. The summed E-state index contributed by atoms with van der Waals surface area (Å²) in [6.07, 6.45) is 3.23. The van der Waals surface area contributed by atoms with Gasteiger partial charge < -0.3 is 14.3 Å². The number of imidazole rings is 1. The summed E-state index contributed by atoms with van der Waals surface area (Å²) in [6.45, 7) is 1.94. The van der Waals surface area contributed by atoms with E-state index in [1.807, 2.05) is 42.8 Å². The Bertz CT molecular complexity index is 1100. The predicted molar refractivity (Wildman–Crippen MR) is 104 cm³/mol. The molecule has 0 atom stereocenters. The molecule has 136 valence electrons. The maximum absolute atomic E-state index is 12.1. The Morgan fingerprint density at radius 1 is 1.26 bits per heavy atom. The fourth-order valence-corrected chi connectivity index (χ4v) is 3.54. The standard InChI is InChI=1S/C19H17N5O2S/c1-12-7-8-20-19(21-12)27-11-17-23-14-10-13(5-6-15(14)24(17)2)22-18(25)16-4-3-9-26-16/h3-10H,11H2,1-2H3,(H,22,25). The van der Waals surface area contributed by atoms with Gasteiger partial charge in [-0.1, -0.05) is 11.8 Å². The van der Waals surface area contributed by atoms with Crippen LogP contribution >= 0.6 is 11.8 Å². The molecule has 0 aliphatic heterocycles. The molecule has 1 N–H and O–H groups in total. The number of thioether (sulfide) groups is 1. The van der Waals surface area contributed by atoms with Gasteiger partial charge in [0.05, 0.1) is 23.0 Å². The Balaban J connectivity index is 1.53. The number of aromatic nitrogens is 4. The fourth-order valence-electron chi connectivity index (χ4n) is 2.68. The maximum Gasteiger partial charge on any atom is 0.291 e. The first kappa shape index (κ1) is 17.3. The summed E-state index contributed by atoms with van der Waals surface area (Å²) in [5.74, 6) is 1.55. The minimum absolute atomic E-state index is 0.270. The summed E-state index contributed by atoms with van der Waals surface area (Å²) in [7, 11) is 1.98. The van der Waals surface area contributed by atoms with Gasteiger partial charge in [-0.2, -0.15) is 0 Å². The first-order valence-electron chi connectivity index (χ1n) is 8.33. The second-order valence-electron chi connectivity index (χ2n) is 5.99. The fraction of sp³-hybridized carbons (Fsp3) is 0.158. The molecule has 0 bridgehead atoms. The lowest BCUT2D eigenvalue weighted by molar-refractivity contribution is 0.0996.